The van der Waals surface area contributed by atoms with E-state index >= 15 is 0 Å². The van der Waals surface area contributed by atoms with E-state index in [0.29, 0.717) is 48.3 Å². The molecule has 2 amide bonds. The second-order valence-electron chi connectivity index (χ2n) is 6.77. The number of anilines is 4. The van der Waals surface area contributed by atoms with Gasteiger partial charge in [0.05, 0.1) is 17.5 Å². The first-order valence-corrected chi connectivity index (χ1v) is 11.2. The number of hydrogen-bond donors (Lipinski definition) is 3. The van der Waals surface area contributed by atoms with Gasteiger partial charge >= 0.3 is 5.91 Å². The van der Waals surface area contributed by atoms with Crippen LogP contribution in [0.3, 0.4) is 0 Å². The SMILES string of the molecule is O=NC(=O)c1sccc1Nc1nc(C(=O)Nc2cccnc2N2CCC(O)CC2)cs1. The Labute approximate surface area is 184 Å². The molecule has 0 radical (unpaired) electrons. The fourth-order valence-electron chi connectivity index (χ4n) is 3.18. The quantitative estimate of drug-likeness (QED) is 0.478. The molecule has 31 heavy (non-hydrogen) atoms. The molecule has 1 aliphatic rings. The number of hydrogen-bond acceptors (Lipinski definition) is 10. The van der Waals surface area contributed by atoms with Crippen molar-refractivity contribution in [3.8, 4) is 0 Å². The van der Waals surface area contributed by atoms with E-state index in [-0.39, 0.29) is 16.7 Å². The van der Waals surface area contributed by atoms with Crippen molar-refractivity contribution in [1.29, 1.82) is 0 Å². The van der Waals surface area contributed by atoms with Gasteiger partial charge in [0, 0.05) is 29.8 Å². The van der Waals surface area contributed by atoms with Crippen molar-refractivity contribution in [2.45, 2.75) is 18.9 Å². The average Bonchev–Trinajstić information content (AvgIpc) is 3.44. The molecule has 1 aliphatic heterocycles. The van der Waals surface area contributed by atoms with E-state index in [1.165, 1.54) is 11.3 Å². The Morgan fingerprint density at radius 1 is 1.19 bits per heavy atom. The summed E-state index contributed by atoms with van der Waals surface area (Å²) in [7, 11) is 0. The molecule has 1 saturated heterocycles. The Kier molecular flexibility index (Phi) is 6.30. The average molecular weight is 459 g/mol. The Morgan fingerprint density at radius 2 is 2.00 bits per heavy atom. The molecule has 0 atom stereocenters. The summed E-state index contributed by atoms with van der Waals surface area (Å²) < 4.78 is 0. The molecule has 10 nitrogen and oxygen atoms in total. The van der Waals surface area contributed by atoms with Crippen LogP contribution in [-0.4, -0.2) is 46.1 Å². The lowest BCUT2D eigenvalue weighted by molar-refractivity contribution is 0.100. The fraction of sp³-hybridized carbons (Fsp3) is 0.263. The molecule has 4 heterocycles. The van der Waals surface area contributed by atoms with Crippen molar-refractivity contribution >= 4 is 56.8 Å². The fourth-order valence-corrected chi connectivity index (χ4v) is 4.60. The van der Waals surface area contributed by atoms with E-state index in [2.05, 4.69) is 25.8 Å². The zero-order valence-electron chi connectivity index (χ0n) is 16.1. The minimum Gasteiger partial charge on any atom is -0.393 e. The molecule has 4 rings (SSSR count). The number of thiazole rings is 1. The second-order valence-corrected chi connectivity index (χ2v) is 8.54. The third-order valence-corrected chi connectivity index (χ3v) is 6.38. The van der Waals surface area contributed by atoms with Gasteiger partial charge in [0.15, 0.2) is 10.9 Å². The van der Waals surface area contributed by atoms with E-state index < -0.39 is 11.8 Å². The number of aromatic nitrogens is 2. The maximum Gasteiger partial charge on any atom is 0.328 e. The van der Waals surface area contributed by atoms with Crippen LogP contribution in [0.2, 0.25) is 0 Å². The third kappa shape index (κ3) is 4.76. The highest BCUT2D eigenvalue weighted by molar-refractivity contribution is 7.14. The minimum absolute atomic E-state index is 0.183. The van der Waals surface area contributed by atoms with Gasteiger partial charge in [0.25, 0.3) is 5.91 Å². The molecule has 160 valence electrons. The van der Waals surface area contributed by atoms with Crippen molar-refractivity contribution in [1.82, 2.24) is 9.97 Å². The van der Waals surface area contributed by atoms with Crippen molar-refractivity contribution in [3.05, 3.63) is 50.6 Å². The molecule has 0 bridgehead atoms. The van der Waals surface area contributed by atoms with Crippen molar-refractivity contribution < 1.29 is 14.7 Å². The van der Waals surface area contributed by atoms with Gasteiger partial charge in [-0.05, 0) is 36.4 Å². The first-order chi connectivity index (χ1) is 15.0. The lowest BCUT2D eigenvalue weighted by Gasteiger charge is -2.31. The molecule has 0 spiro atoms. The van der Waals surface area contributed by atoms with Gasteiger partial charge in [0.2, 0.25) is 0 Å². The number of aliphatic hydroxyl groups is 1. The van der Waals surface area contributed by atoms with Gasteiger partial charge < -0.3 is 20.6 Å². The van der Waals surface area contributed by atoms with Gasteiger partial charge in [0.1, 0.15) is 10.6 Å². The maximum atomic E-state index is 12.7. The standard InChI is InChI=1S/C19H18N6O4S2/c26-11-3-7-25(8-4-11)16-13(2-1-6-20-16)21-17(27)14-10-31-19(23-14)22-12-5-9-30-15(12)18(28)24-29/h1-2,5-6,9-11,26H,3-4,7-8H2,(H,21,27)(H,22,23). The summed E-state index contributed by atoms with van der Waals surface area (Å²) in [5, 5.41) is 21.6. The van der Waals surface area contributed by atoms with E-state index in [4.69, 9.17) is 0 Å². The Balaban J connectivity index is 1.46. The highest BCUT2D eigenvalue weighted by Crippen LogP contribution is 2.29. The minimum atomic E-state index is -0.860. The normalized spacial score (nSPS) is 14.3. The van der Waals surface area contributed by atoms with Crippen LogP contribution in [0.15, 0.2) is 40.3 Å². The molecule has 3 aromatic heterocycles. The van der Waals surface area contributed by atoms with Gasteiger partial charge in [-0.15, -0.1) is 27.6 Å². The van der Waals surface area contributed by atoms with Crippen LogP contribution in [-0.2, 0) is 0 Å². The molecular weight excluding hydrogens is 440 g/mol. The number of amides is 2. The van der Waals surface area contributed by atoms with E-state index in [1.54, 1.807) is 35.2 Å². The number of pyridine rings is 1. The van der Waals surface area contributed by atoms with Crippen LogP contribution in [0.1, 0.15) is 33.0 Å². The first-order valence-electron chi connectivity index (χ1n) is 9.42. The molecule has 3 aromatic rings. The van der Waals surface area contributed by atoms with Crippen LogP contribution in [0.4, 0.5) is 22.3 Å². The molecular formula is C19H18N6O4S2. The summed E-state index contributed by atoms with van der Waals surface area (Å²) in [4.78, 5) is 45.7. The summed E-state index contributed by atoms with van der Waals surface area (Å²) in [6, 6.07) is 5.15. The van der Waals surface area contributed by atoms with Gasteiger partial charge in [-0.2, -0.15) is 0 Å². The maximum absolute atomic E-state index is 12.7. The Morgan fingerprint density at radius 3 is 2.77 bits per heavy atom. The zero-order chi connectivity index (χ0) is 21.8. The van der Waals surface area contributed by atoms with Gasteiger partial charge in [-0.25, -0.2) is 9.97 Å². The number of thiophene rings is 1. The van der Waals surface area contributed by atoms with Crippen molar-refractivity contribution in [2.75, 3.05) is 28.6 Å². The number of rotatable bonds is 6. The van der Waals surface area contributed by atoms with E-state index in [9.17, 15) is 19.6 Å². The molecule has 3 N–H and O–H groups in total. The number of piperidine rings is 1. The van der Waals surface area contributed by atoms with E-state index in [0.717, 1.165) is 11.3 Å². The van der Waals surface area contributed by atoms with Crippen molar-refractivity contribution in [3.63, 3.8) is 0 Å². The lowest BCUT2D eigenvalue weighted by Crippen LogP contribution is -2.36. The monoisotopic (exact) mass is 458 g/mol. The van der Waals surface area contributed by atoms with Crippen LogP contribution in [0, 0.1) is 4.91 Å². The molecule has 0 saturated carbocycles. The van der Waals surface area contributed by atoms with Crippen LogP contribution in [0.25, 0.3) is 0 Å². The van der Waals surface area contributed by atoms with Gasteiger partial charge in [-0.3, -0.25) is 9.59 Å². The zero-order valence-corrected chi connectivity index (χ0v) is 17.8. The summed E-state index contributed by atoms with van der Waals surface area (Å²) in [5.74, 6) is -0.604. The number of aliphatic hydroxyl groups excluding tert-OH is 1. The number of nitrogens with zero attached hydrogens (tertiary/aromatic N) is 4. The number of carbonyl (C=O) groups is 2. The predicted molar refractivity (Wildman–Crippen MR) is 119 cm³/mol. The van der Waals surface area contributed by atoms with Crippen LogP contribution in [0.5, 0.6) is 0 Å². The molecule has 0 aliphatic carbocycles. The van der Waals surface area contributed by atoms with Crippen LogP contribution >= 0.6 is 22.7 Å². The third-order valence-electron chi connectivity index (χ3n) is 4.72. The summed E-state index contributed by atoms with van der Waals surface area (Å²) in [6.45, 7) is 1.31. The molecule has 12 heteroatoms. The number of carbonyl (C=O) groups excluding carboxylic acids is 2. The largest absolute Gasteiger partial charge is 0.393 e. The summed E-state index contributed by atoms with van der Waals surface area (Å²) >= 11 is 2.29. The molecule has 0 unspecified atom stereocenters. The number of nitroso groups, excluding NO2 is 1. The smallest absolute Gasteiger partial charge is 0.328 e. The lowest BCUT2D eigenvalue weighted by atomic mass is 10.1. The van der Waals surface area contributed by atoms with Crippen LogP contribution < -0.4 is 15.5 Å². The summed E-state index contributed by atoms with van der Waals surface area (Å²) in [5.41, 5.74) is 1.18. The van der Waals surface area contributed by atoms with Crippen molar-refractivity contribution in [2.24, 2.45) is 5.18 Å². The predicted octanol–water partition coefficient (Wildman–Crippen LogP) is 3.46. The summed E-state index contributed by atoms with van der Waals surface area (Å²) in [6.07, 6.45) is 2.66. The molecule has 0 aromatic carbocycles. The van der Waals surface area contributed by atoms with E-state index in [1.807, 2.05) is 4.90 Å². The first kappa shape index (κ1) is 21.0. The topological polar surface area (TPSA) is 137 Å². The highest BCUT2D eigenvalue weighted by Gasteiger charge is 2.22. The highest BCUT2D eigenvalue weighted by atomic mass is 32.1. The Bertz CT molecular complexity index is 1110. The Hall–Kier alpha value is -3.22. The number of nitrogens with one attached hydrogen (secondary N) is 2. The van der Waals surface area contributed by atoms with Gasteiger partial charge in [-0.1, -0.05) is 0 Å². The second kappa shape index (κ2) is 9.29. The molecule has 1 fully saturated rings.